The molecule has 1 amide bonds. The molecule has 1 unspecified atom stereocenters. The van der Waals surface area contributed by atoms with Crippen LogP contribution < -0.4 is 9.47 Å². The largest absolute Gasteiger partial charge is 0.493 e. The molecule has 0 radical (unpaired) electrons. The van der Waals surface area contributed by atoms with Crippen LogP contribution in [0, 0.1) is 0 Å². The van der Waals surface area contributed by atoms with Gasteiger partial charge in [-0.15, -0.1) is 0 Å². The zero-order valence-corrected chi connectivity index (χ0v) is 13.7. The standard InChI is InChI=1S/C16H20F3NO4/c1-15(2,24-12-7-5-4-6-11(12)22-3)14(21)20-8-9-23-13(10-20)16(17,18)19/h4-7,13H,8-10H2,1-3H3. The summed E-state index contributed by atoms with van der Waals surface area (Å²) in [4.78, 5) is 13.8. The Balaban J connectivity index is 2.12. The summed E-state index contributed by atoms with van der Waals surface area (Å²) in [5, 5.41) is 0. The van der Waals surface area contributed by atoms with Crippen molar-refractivity contribution in [3.63, 3.8) is 0 Å². The SMILES string of the molecule is COc1ccccc1OC(C)(C)C(=O)N1CCOC(C(F)(F)F)C1. The first-order valence-electron chi connectivity index (χ1n) is 7.45. The summed E-state index contributed by atoms with van der Waals surface area (Å²) in [7, 11) is 1.47. The maximum absolute atomic E-state index is 12.8. The fourth-order valence-electron chi connectivity index (χ4n) is 2.43. The van der Waals surface area contributed by atoms with E-state index >= 15 is 0 Å². The molecule has 5 nitrogen and oxygen atoms in total. The Labute approximate surface area is 138 Å². The van der Waals surface area contributed by atoms with Crippen LogP contribution in [0.2, 0.25) is 0 Å². The lowest BCUT2D eigenvalue weighted by molar-refractivity contribution is -0.237. The van der Waals surface area contributed by atoms with Crippen molar-refractivity contribution in [1.29, 1.82) is 0 Å². The van der Waals surface area contributed by atoms with Gasteiger partial charge in [0.05, 0.1) is 20.3 Å². The summed E-state index contributed by atoms with van der Waals surface area (Å²) in [5.41, 5.74) is -1.35. The van der Waals surface area contributed by atoms with Gasteiger partial charge in [0.25, 0.3) is 5.91 Å². The van der Waals surface area contributed by atoms with Crippen LogP contribution in [0.25, 0.3) is 0 Å². The number of morpholine rings is 1. The van der Waals surface area contributed by atoms with Crippen molar-refractivity contribution in [2.75, 3.05) is 26.8 Å². The Morgan fingerprint density at radius 2 is 1.88 bits per heavy atom. The van der Waals surface area contributed by atoms with E-state index in [0.717, 1.165) is 4.90 Å². The van der Waals surface area contributed by atoms with E-state index in [1.807, 2.05) is 0 Å². The van der Waals surface area contributed by atoms with Crippen molar-refractivity contribution < 1.29 is 32.2 Å². The predicted molar refractivity (Wildman–Crippen MR) is 80.1 cm³/mol. The first kappa shape index (κ1) is 18.4. The number of ether oxygens (including phenoxy) is 3. The molecule has 0 aromatic heterocycles. The second-order valence-corrected chi connectivity index (χ2v) is 5.92. The van der Waals surface area contributed by atoms with E-state index in [4.69, 9.17) is 14.2 Å². The van der Waals surface area contributed by atoms with Crippen LogP contribution >= 0.6 is 0 Å². The molecule has 1 heterocycles. The quantitative estimate of drug-likeness (QED) is 0.840. The number of hydrogen-bond donors (Lipinski definition) is 0. The zero-order chi connectivity index (χ0) is 18.0. The van der Waals surface area contributed by atoms with Crippen LogP contribution in [0.5, 0.6) is 11.5 Å². The van der Waals surface area contributed by atoms with Gasteiger partial charge in [-0.25, -0.2) is 0 Å². The molecular weight excluding hydrogens is 327 g/mol. The molecule has 134 valence electrons. The number of amides is 1. The minimum Gasteiger partial charge on any atom is -0.493 e. The Morgan fingerprint density at radius 3 is 2.46 bits per heavy atom. The van der Waals surface area contributed by atoms with Gasteiger partial charge in [-0.05, 0) is 26.0 Å². The number of hydrogen-bond acceptors (Lipinski definition) is 4. The minimum atomic E-state index is -4.51. The monoisotopic (exact) mass is 347 g/mol. The molecule has 8 heteroatoms. The van der Waals surface area contributed by atoms with Crippen LogP contribution in [-0.4, -0.2) is 55.5 Å². The summed E-state index contributed by atoms with van der Waals surface area (Å²) in [6, 6.07) is 6.76. The number of para-hydroxylation sites is 2. The van der Waals surface area contributed by atoms with Gasteiger partial charge in [0.15, 0.2) is 23.2 Å². The molecule has 24 heavy (non-hydrogen) atoms. The average molecular weight is 347 g/mol. The normalized spacial score (nSPS) is 19.1. The number of carbonyl (C=O) groups is 1. The van der Waals surface area contributed by atoms with Gasteiger partial charge in [0.2, 0.25) is 0 Å². The fourth-order valence-corrected chi connectivity index (χ4v) is 2.43. The zero-order valence-electron chi connectivity index (χ0n) is 13.7. The highest BCUT2D eigenvalue weighted by molar-refractivity contribution is 5.85. The van der Waals surface area contributed by atoms with Crippen LogP contribution in [0.15, 0.2) is 24.3 Å². The van der Waals surface area contributed by atoms with E-state index in [2.05, 4.69) is 0 Å². The van der Waals surface area contributed by atoms with Crippen LogP contribution in [0.3, 0.4) is 0 Å². The van der Waals surface area contributed by atoms with E-state index in [-0.39, 0.29) is 13.2 Å². The van der Waals surface area contributed by atoms with Crippen LogP contribution in [0.1, 0.15) is 13.8 Å². The lowest BCUT2D eigenvalue weighted by atomic mass is 10.1. The van der Waals surface area contributed by atoms with Crippen molar-refractivity contribution in [3.8, 4) is 11.5 Å². The topological polar surface area (TPSA) is 48.0 Å². The molecule has 0 aliphatic carbocycles. The molecule has 0 saturated carbocycles. The third kappa shape index (κ3) is 4.11. The molecule has 1 saturated heterocycles. The molecule has 0 N–H and O–H groups in total. The maximum atomic E-state index is 12.8. The number of nitrogens with zero attached hydrogens (tertiary/aromatic N) is 1. The van der Waals surface area contributed by atoms with Crippen molar-refractivity contribution >= 4 is 5.91 Å². The highest BCUT2D eigenvalue weighted by Gasteiger charge is 2.46. The molecule has 1 atom stereocenters. The van der Waals surface area contributed by atoms with Crippen molar-refractivity contribution in [1.82, 2.24) is 4.90 Å². The Hall–Kier alpha value is -1.96. The molecule has 1 aromatic rings. The van der Waals surface area contributed by atoms with E-state index in [0.29, 0.717) is 11.5 Å². The first-order valence-corrected chi connectivity index (χ1v) is 7.45. The molecule has 1 aromatic carbocycles. The second-order valence-electron chi connectivity index (χ2n) is 5.92. The molecule has 2 rings (SSSR count). The summed E-state index contributed by atoms with van der Waals surface area (Å²) in [6.45, 7) is 2.41. The number of rotatable bonds is 4. The van der Waals surface area contributed by atoms with Gasteiger partial charge in [-0.3, -0.25) is 4.79 Å². The third-order valence-electron chi connectivity index (χ3n) is 3.67. The summed E-state index contributed by atoms with van der Waals surface area (Å²) in [6.07, 6.45) is -6.48. The van der Waals surface area contributed by atoms with Gasteiger partial charge < -0.3 is 19.1 Å². The molecule has 0 spiro atoms. The maximum Gasteiger partial charge on any atom is 0.416 e. The van der Waals surface area contributed by atoms with Gasteiger partial charge in [0, 0.05) is 6.54 Å². The summed E-state index contributed by atoms with van der Waals surface area (Å²) in [5.74, 6) is 0.249. The Bertz CT molecular complexity index is 589. The van der Waals surface area contributed by atoms with Gasteiger partial charge in [-0.2, -0.15) is 13.2 Å². The van der Waals surface area contributed by atoms with Gasteiger partial charge >= 0.3 is 6.18 Å². The van der Waals surface area contributed by atoms with Gasteiger partial charge in [-0.1, -0.05) is 12.1 Å². The molecule has 1 aliphatic rings. The van der Waals surface area contributed by atoms with E-state index < -0.39 is 30.3 Å². The summed E-state index contributed by atoms with van der Waals surface area (Å²) < 4.78 is 54.0. The number of methoxy groups -OCH3 is 1. The van der Waals surface area contributed by atoms with Crippen molar-refractivity contribution in [2.24, 2.45) is 0 Å². The average Bonchev–Trinajstić information content (AvgIpc) is 2.53. The third-order valence-corrected chi connectivity index (χ3v) is 3.67. The van der Waals surface area contributed by atoms with Crippen molar-refractivity contribution in [3.05, 3.63) is 24.3 Å². The minimum absolute atomic E-state index is 0.0874. The highest BCUT2D eigenvalue weighted by atomic mass is 19.4. The van der Waals surface area contributed by atoms with Crippen LogP contribution in [0.4, 0.5) is 13.2 Å². The second kappa shape index (κ2) is 6.88. The molecule has 0 bridgehead atoms. The lowest BCUT2D eigenvalue weighted by Gasteiger charge is -2.38. The molecular formula is C16H20F3NO4. The number of benzene rings is 1. The van der Waals surface area contributed by atoms with E-state index in [1.54, 1.807) is 24.3 Å². The van der Waals surface area contributed by atoms with Crippen molar-refractivity contribution in [2.45, 2.75) is 31.7 Å². The molecule has 1 fully saturated rings. The molecule has 1 aliphatic heterocycles. The van der Waals surface area contributed by atoms with Crippen LogP contribution in [-0.2, 0) is 9.53 Å². The predicted octanol–water partition coefficient (Wildman–Crippen LogP) is 2.64. The van der Waals surface area contributed by atoms with E-state index in [1.165, 1.54) is 21.0 Å². The highest BCUT2D eigenvalue weighted by Crippen LogP contribution is 2.31. The van der Waals surface area contributed by atoms with Gasteiger partial charge in [0.1, 0.15) is 0 Å². The Kier molecular flexibility index (Phi) is 5.27. The lowest BCUT2D eigenvalue weighted by Crippen LogP contribution is -2.57. The number of alkyl halides is 3. The number of carbonyl (C=O) groups excluding carboxylic acids is 1. The van der Waals surface area contributed by atoms with E-state index in [9.17, 15) is 18.0 Å². The Morgan fingerprint density at radius 1 is 1.25 bits per heavy atom. The smallest absolute Gasteiger partial charge is 0.416 e. The summed E-state index contributed by atoms with van der Waals surface area (Å²) >= 11 is 0. The fraction of sp³-hybridized carbons (Fsp3) is 0.562. The number of halogens is 3. The first-order chi connectivity index (χ1) is 11.1.